The second-order valence-corrected chi connectivity index (χ2v) is 3.47. The number of benzene rings is 1. The summed E-state index contributed by atoms with van der Waals surface area (Å²) in [4.78, 5) is 0. The summed E-state index contributed by atoms with van der Waals surface area (Å²) in [7, 11) is 1.75. The molecular weight excluding hydrogens is 247 g/mol. The van der Waals surface area contributed by atoms with Crippen LogP contribution in [0.2, 0.25) is 0 Å². The summed E-state index contributed by atoms with van der Waals surface area (Å²) in [5.74, 6) is -0.257. The van der Waals surface area contributed by atoms with Crippen molar-refractivity contribution < 1.29 is 17.9 Å². The van der Waals surface area contributed by atoms with Crippen molar-refractivity contribution in [3.8, 4) is 11.4 Å². The summed E-state index contributed by atoms with van der Waals surface area (Å²) in [5, 5.41) is 6.96. The zero-order chi connectivity index (χ0) is 13.2. The highest BCUT2D eigenvalue weighted by Gasteiger charge is 2.30. The van der Waals surface area contributed by atoms with Crippen molar-refractivity contribution in [1.29, 1.82) is 0 Å². The van der Waals surface area contributed by atoms with Crippen LogP contribution < -0.4 is 10.1 Å². The number of rotatable bonds is 3. The topological polar surface area (TPSA) is 39.1 Å². The molecule has 2 aromatic rings. The number of halogens is 3. The molecular formula is C11H10F3N3O. The minimum absolute atomic E-state index is 0.257. The Morgan fingerprint density at radius 3 is 2.39 bits per heavy atom. The van der Waals surface area contributed by atoms with Gasteiger partial charge in [0.15, 0.2) is 0 Å². The number of aromatic nitrogens is 2. The molecule has 0 saturated heterocycles. The van der Waals surface area contributed by atoms with Gasteiger partial charge in [-0.3, -0.25) is 0 Å². The van der Waals surface area contributed by atoms with Crippen molar-refractivity contribution in [3.05, 3.63) is 36.7 Å². The van der Waals surface area contributed by atoms with Crippen LogP contribution in [0.5, 0.6) is 5.75 Å². The van der Waals surface area contributed by atoms with Crippen LogP contribution in [0.1, 0.15) is 0 Å². The van der Waals surface area contributed by atoms with Crippen molar-refractivity contribution in [2.75, 3.05) is 12.4 Å². The molecule has 4 nitrogen and oxygen atoms in total. The van der Waals surface area contributed by atoms with E-state index in [9.17, 15) is 13.2 Å². The van der Waals surface area contributed by atoms with Gasteiger partial charge in [0.1, 0.15) is 5.75 Å². The standard InChI is InChI=1S/C11H10F3N3O/c1-15-8-6-16-17(7-8)9-2-4-10(5-3-9)18-11(12,13)14/h2-7,15H,1H3. The molecule has 1 N–H and O–H groups in total. The van der Waals surface area contributed by atoms with Gasteiger partial charge in [-0.2, -0.15) is 5.10 Å². The van der Waals surface area contributed by atoms with E-state index in [-0.39, 0.29) is 5.75 Å². The lowest BCUT2D eigenvalue weighted by molar-refractivity contribution is -0.274. The Morgan fingerprint density at radius 2 is 1.89 bits per heavy atom. The molecule has 2 rings (SSSR count). The molecule has 0 aliphatic heterocycles. The van der Waals surface area contributed by atoms with Gasteiger partial charge < -0.3 is 10.1 Å². The maximum atomic E-state index is 12.0. The van der Waals surface area contributed by atoms with E-state index < -0.39 is 6.36 Å². The van der Waals surface area contributed by atoms with Gasteiger partial charge in [0.25, 0.3) is 0 Å². The third kappa shape index (κ3) is 2.93. The molecule has 0 fully saturated rings. The van der Waals surface area contributed by atoms with Gasteiger partial charge in [0.05, 0.1) is 23.8 Å². The van der Waals surface area contributed by atoms with Crippen molar-refractivity contribution in [2.45, 2.75) is 6.36 Å². The second kappa shape index (κ2) is 4.59. The predicted octanol–water partition coefficient (Wildman–Crippen LogP) is 2.81. The average molecular weight is 257 g/mol. The number of anilines is 1. The van der Waals surface area contributed by atoms with Crippen molar-refractivity contribution >= 4 is 5.69 Å². The Balaban J connectivity index is 2.17. The predicted molar refractivity (Wildman–Crippen MR) is 59.8 cm³/mol. The van der Waals surface area contributed by atoms with E-state index >= 15 is 0 Å². The zero-order valence-electron chi connectivity index (χ0n) is 9.40. The van der Waals surface area contributed by atoms with Crippen LogP contribution in [-0.4, -0.2) is 23.2 Å². The van der Waals surface area contributed by atoms with Gasteiger partial charge in [0.2, 0.25) is 0 Å². The smallest absolute Gasteiger partial charge is 0.406 e. The van der Waals surface area contributed by atoms with Crippen molar-refractivity contribution in [3.63, 3.8) is 0 Å². The largest absolute Gasteiger partial charge is 0.573 e. The minimum Gasteiger partial charge on any atom is -0.406 e. The molecule has 0 aliphatic carbocycles. The molecule has 0 radical (unpaired) electrons. The molecule has 96 valence electrons. The highest BCUT2D eigenvalue weighted by molar-refractivity contribution is 5.43. The molecule has 0 bridgehead atoms. The fraction of sp³-hybridized carbons (Fsp3) is 0.182. The fourth-order valence-corrected chi connectivity index (χ4v) is 1.39. The van der Waals surface area contributed by atoms with Crippen molar-refractivity contribution in [1.82, 2.24) is 9.78 Å². The number of hydrogen-bond donors (Lipinski definition) is 1. The Kier molecular flexibility index (Phi) is 3.14. The maximum Gasteiger partial charge on any atom is 0.573 e. The van der Waals surface area contributed by atoms with Crippen molar-refractivity contribution in [2.24, 2.45) is 0 Å². The summed E-state index contributed by atoms with van der Waals surface area (Å²) in [6.45, 7) is 0. The van der Waals surface area contributed by atoms with Gasteiger partial charge in [-0.1, -0.05) is 0 Å². The van der Waals surface area contributed by atoms with Gasteiger partial charge in [-0.05, 0) is 24.3 Å². The van der Waals surface area contributed by atoms with E-state index in [4.69, 9.17) is 0 Å². The molecule has 1 heterocycles. The van der Waals surface area contributed by atoms with E-state index in [1.165, 1.54) is 24.3 Å². The molecule has 0 unspecified atom stereocenters. The van der Waals surface area contributed by atoms with Crippen LogP contribution in [0.25, 0.3) is 5.69 Å². The first-order valence-corrected chi connectivity index (χ1v) is 5.06. The first kappa shape index (κ1) is 12.3. The van der Waals surface area contributed by atoms with Gasteiger partial charge in [0, 0.05) is 7.05 Å². The molecule has 18 heavy (non-hydrogen) atoms. The molecule has 1 aromatic heterocycles. The van der Waals surface area contributed by atoms with E-state index in [0.717, 1.165) is 5.69 Å². The van der Waals surface area contributed by atoms with E-state index in [1.807, 2.05) is 0 Å². The monoisotopic (exact) mass is 257 g/mol. The summed E-state index contributed by atoms with van der Waals surface area (Å²) < 4.78 is 41.2. The molecule has 0 spiro atoms. The molecule has 0 atom stereocenters. The van der Waals surface area contributed by atoms with E-state index in [2.05, 4.69) is 15.2 Å². The number of hydrogen-bond acceptors (Lipinski definition) is 3. The third-order valence-corrected chi connectivity index (χ3v) is 2.21. The Labute approximate surface area is 101 Å². The third-order valence-electron chi connectivity index (χ3n) is 2.21. The van der Waals surface area contributed by atoms with Gasteiger partial charge in [-0.15, -0.1) is 13.2 Å². The Hall–Kier alpha value is -2.18. The van der Waals surface area contributed by atoms with E-state index in [0.29, 0.717) is 5.69 Å². The summed E-state index contributed by atoms with van der Waals surface area (Å²) >= 11 is 0. The van der Waals surface area contributed by atoms with Crippen LogP contribution in [-0.2, 0) is 0 Å². The normalized spacial score (nSPS) is 11.3. The molecule has 7 heteroatoms. The quantitative estimate of drug-likeness (QED) is 0.918. The second-order valence-electron chi connectivity index (χ2n) is 3.47. The summed E-state index contributed by atoms with van der Waals surface area (Å²) in [6, 6.07) is 5.47. The highest BCUT2D eigenvalue weighted by atomic mass is 19.4. The molecule has 0 saturated carbocycles. The number of ether oxygens (including phenoxy) is 1. The minimum atomic E-state index is -4.67. The SMILES string of the molecule is CNc1cnn(-c2ccc(OC(F)(F)F)cc2)c1. The number of alkyl halides is 3. The van der Waals surface area contributed by atoms with Gasteiger partial charge in [-0.25, -0.2) is 4.68 Å². The lowest BCUT2D eigenvalue weighted by Crippen LogP contribution is -2.17. The molecule has 0 amide bonds. The fourth-order valence-electron chi connectivity index (χ4n) is 1.39. The van der Waals surface area contributed by atoms with Gasteiger partial charge >= 0.3 is 6.36 Å². The first-order valence-electron chi connectivity index (χ1n) is 5.06. The van der Waals surface area contributed by atoms with Crippen LogP contribution in [0.4, 0.5) is 18.9 Å². The summed E-state index contributed by atoms with van der Waals surface area (Å²) in [6.07, 6.45) is -1.34. The lowest BCUT2D eigenvalue weighted by atomic mass is 10.3. The summed E-state index contributed by atoms with van der Waals surface area (Å²) in [5.41, 5.74) is 1.46. The van der Waals surface area contributed by atoms with Crippen LogP contribution in [0.15, 0.2) is 36.7 Å². The Bertz CT molecular complexity index is 519. The van der Waals surface area contributed by atoms with Crippen LogP contribution >= 0.6 is 0 Å². The highest BCUT2D eigenvalue weighted by Crippen LogP contribution is 2.23. The number of nitrogens with one attached hydrogen (secondary N) is 1. The average Bonchev–Trinajstić information content (AvgIpc) is 2.76. The molecule has 1 aromatic carbocycles. The zero-order valence-corrected chi connectivity index (χ0v) is 9.40. The molecule has 0 aliphatic rings. The number of nitrogens with zero attached hydrogens (tertiary/aromatic N) is 2. The van der Waals surface area contributed by atoms with Crippen LogP contribution in [0, 0.1) is 0 Å². The maximum absolute atomic E-state index is 12.0. The lowest BCUT2D eigenvalue weighted by Gasteiger charge is -2.09. The van der Waals surface area contributed by atoms with Crippen LogP contribution in [0.3, 0.4) is 0 Å². The Morgan fingerprint density at radius 1 is 1.22 bits per heavy atom. The van der Waals surface area contributed by atoms with E-state index in [1.54, 1.807) is 24.1 Å². The first-order chi connectivity index (χ1) is 8.48.